The first-order valence-corrected chi connectivity index (χ1v) is 6.91. The maximum Gasteiger partial charge on any atom is 0.307 e. The Morgan fingerprint density at radius 2 is 2.25 bits per heavy atom. The molecule has 3 rings (SSSR count). The molecule has 1 aliphatic carbocycles. The lowest BCUT2D eigenvalue weighted by Crippen LogP contribution is -2.26. The van der Waals surface area contributed by atoms with Crippen molar-refractivity contribution in [1.82, 2.24) is 14.5 Å². The molecular formula is C15H17N3O2. The number of nitrogens with zero attached hydrogens (tertiary/aromatic N) is 3. The molecule has 0 saturated heterocycles. The molecule has 5 heteroatoms. The van der Waals surface area contributed by atoms with Crippen LogP contribution in [-0.4, -0.2) is 25.6 Å². The van der Waals surface area contributed by atoms with Gasteiger partial charge in [0, 0.05) is 18.7 Å². The fourth-order valence-corrected chi connectivity index (χ4v) is 2.94. The molecule has 0 saturated carbocycles. The molecule has 0 aromatic carbocycles. The monoisotopic (exact) mass is 271 g/mol. The van der Waals surface area contributed by atoms with E-state index in [1.165, 1.54) is 0 Å². The van der Waals surface area contributed by atoms with E-state index in [9.17, 15) is 9.90 Å². The highest BCUT2D eigenvalue weighted by Crippen LogP contribution is 2.35. The molecule has 1 aliphatic rings. The molecule has 2 atom stereocenters. The number of fused-ring (bicyclic) bond motifs is 1. The average molecular weight is 271 g/mol. The molecular weight excluding hydrogens is 254 g/mol. The lowest BCUT2D eigenvalue weighted by molar-refractivity contribution is -0.142. The lowest BCUT2D eigenvalue weighted by atomic mass is 9.82. The number of carboxylic acid groups (broad SMARTS) is 1. The Morgan fingerprint density at radius 3 is 3.00 bits per heavy atom. The number of carbonyl (C=O) groups is 1. The fraction of sp³-hybridized carbons (Fsp3) is 0.400. The summed E-state index contributed by atoms with van der Waals surface area (Å²) in [6.45, 7) is 2.78. The van der Waals surface area contributed by atoms with Gasteiger partial charge in [0.15, 0.2) is 5.65 Å². The minimum Gasteiger partial charge on any atom is -0.481 e. The summed E-state index contributed by atoms with van der Waals surface area (Å²) in [6.07, 6.45) is 7.04. The number of pyridine rings is 1. The summed E-state index contributed by atoms with van der Waals surface area (Å²) in [7, 11) is 0. The number of aryl methyl sites for hydroxylation is 1. The maximum atomic E-state index is 11.5. The largest absolute Gasteiger partial charge is 0.481 e. The first-order chi connectivity index (χ1) is 9.72. The molecule has 0 spiro atoms. The molecule has 0 aliphatic heterocycles. The van der Waals surface area contributed by atoms with Crippen molar-refractivity contribution in [2.75, 3.05) is 0 Å². The zero-order valence-electron chi connectivity index (χ0n) is 11.4. The van der Waals surface area contributed by atoms with Gasteiger partial charge in [0.1, 0.15) is 11.3 Å². The van der Waals surface area contributed by atoms with Crippen molar-refractivity contribution in [2.45, 2.75) is 32.2 Å². The van der Waals surface area contributed by atoms with E-state index in [4.69, 9.17) is 0 Å². The number of allylic oxidation sites excluding steroid dienone is 2. The van der Waals surface area contributed by atoms with Gasteiger partial charge in [0.2, 0.25) is 0 Å². The Morgan fingerprint density at radius 1 is 1.45 bits per heavy atom. The Bertz CT molecular complexity index is 675. The summed E-state index contributed by atoms with van der Waals surface area (Å²) in [5.41, 5.74) is 1.67. The van der Waals surface area contributed by atoms with Crippen molar-refractivity contribution in [1.29, 1.82) is 0 Å². The normalized spacial score (nSPS) is 22.2. The van der Waals surface area contributed by atoms with E-state index in [1.807, 2.05) is 29.7 Å². The van der Waals surface area contributed by atoms with Gasteiger partial charge in [0.05, 0.1) is 5.92 Å². The molecule has 0 amide bonds. The molecule has 2 unspecified atom stereocenters. The van der Waals surface area contributed by atoms with E-state index in [0.29, 0.717) is 6.42 Å². The van der Waals surface area contributed by atoms with Gasteiger partial charge in [-0.05, 0) is 31.9 Å². The van der Waals surface area contributed by atoms with Crippen LogP contribution < -0.4 is 0 Å². The molecule has 1 N–H and O–H groups in total. The van der Waals surface area contributed by atoms with Crippen LogP contribution in [0.2, 0.25) is 0 Å². The van der Waals surface area contributed by atoms with Crippen LogP contribution in [-0.2, 0) is 11.3 Å². The van der Waals surface area contributed by atoms with E-state index < -0.39 is 11.9 Å². The van der Waals surface area contributed by atoms with Gasteiger partial charge >= 0.3 is 5.97 Å². The second kappa shape index (κ2) is 5.07. The number of rotatable bonds is 3. The number of hydrogen-bond donors (Lipinski definition) is 1. The Hall–Kier alpha value is -2.17. The highest BCUT2D eigenvalue weighted by atomic mass is 16.4. The van der Waals surface area contributed by atoms with E-state index in [-0.39, 0.29) is 5.92 Å². The highest BCUT2D eigenvalue weighted by molar-refractivity contribution is 5.74. The SMILES string of the molecule is CCn1c(C2CC=CCC2C(=O)O)nc2cccnc21. The summed E-state index contributed by atoms with van der Waals surface area (Å²) >= 11 is 0. The average Bonchev–Trinajstić information content (AvgIpc) is 2.85. The maximum absolute atomic E-state index is 11.5. The third kappa shape index (κ3) is 1.99. The van der Waals surface area contributed by atoms with Crippen LogP contribution in [0.3, 0.4) is 0 Å². The van der Waals surface area contributed by atoms with Crippen molar-refractivity contribution in [3.63, 3.8) is 0 Å². The van der Waals surface area contributed by atoms with Crippen molar-refractivity contribution in [2.24, 2.45) is 5.92 Å². The first-order valence-electron chi connectivity index (χ1n) is 6.91. The summed E-state index contributed by atoms with van der Waals surface area (Å²) in [6, 6.07) is 3.78. The number of hydrogen-bond acceptors (Lipinski definition) is 3. The number of carboxylic acids is 1. The van der Waals surface area contributed by atoms with Gasteiger partial charge in [-0.3, -0.25) is 4.79 Å². The fourth-order valence-electron chi connectivity index (χ4n) is 2.94. The molecule has 104 valence electrons. The predicted molar refractivity (Wildman–Crippen MR) is 75.4 cm³/mol. The third-order valence-electron chi connectivity index (χ3n) is 3.93. The molecule has 5 nitrogen and oxygen atoms in total. The van der Waals surface area contributed by atoms with Gasteiger partial charge in [0.25, 0.3) is 0 Å². The Labute approximate surface area is 117 Å². The minimum absolute atomic E-state index is 0.0772. The van der Waals surface area contributed by atoms with Crippen molar-refractivity contribution in [3.8, 4) is 0 Å². The number of aliphatic carboxylic acids is 1. The van der Waals surface area contributed by atoms with Gasteiger partial charge < -0.3 is 9.67 Å². The number of imidazole rings is 1. The van der Waals surface area contributed by atoms with Gasteiger partial charge in [-0.25, -0.2) is 9.97 Å². The van der Waals surface area contributed by atoms with E-state index in [0.717, 1.165) is 30.0 Å². The van der Waals surface area contributed by atoms with Crippen LogP contribution in [0, 0.1) is 5.92 Å². The predicted octanol–water partition coefficient (Wildman–Crippen LogP) is 2.59. The molecule has 2 aromatic rings. The zero-order valence-corrected chi connectivity index (χ0v) is 11.4. The zero-order chi connectivity index (χ0) is 14.1. The summed E-state index contributed by atoms with van der Waals surface area (Å²) in [4.78, 5) is 20.5. The standard InChI is InChI=1S/C15H17N3O2/c1-2-18-13(17-12-8-5-9-16-14(12)18)10-6-3-4-7-11(10)15(19)20/h3-5,8-11H,2,6-7H2,1H3,(H,19,20). The van der Waals surface area contributed by atoms with Crippen molar-refractivity contribution >= 4 is 17.1 Å². The smallest absolute Gasteiger partial charge is 0.307 e. The molecule has 2 aromatic heterocycles. The quantitative estimate of drug-likeness (QED) is 0.871. The number of aromatic nitrogens is 3. The first kappa shape index (κ1) is 12.8. The minimum atomic E-state index is -0.748. The van der Waals surface area contributed by atoms with Gasteiger partial charge in [-0.2, -0.15) is 0 Å². The second-order valence-electron chi connectivity index (χ2n) is 5.05. The molecule has 20 heavy (non-hydrogen) atoms. The topological polar surface area (TPSA) is 68.0 Å². The van der Waals surface area contributed by atoms with E-state index in [1.54, 1.807) is 6.20 Å². The second-order valence-corrected chi connectivity index (χ2v) is 5.05. The van der Waals surface area contributed by atoms with Crippen LogP contribution in [0.4, 0.5) is 0 Å². The van der Waals surface area contributed by atoms with E-state index >= 15 is 0 Å². The Kier molecular flexibility index (Phi) is 3.26. The molecule has 0 radical (unpaired) electrons. The van der Waals surface area contributed by atoms with Crippen LogP contribution in [0.25, 0.3) is 11.2 Å². The highest BCUT2D eigenvalue weighted by Gasteiger charge is 2.33. The summed E-state index contributed by atoms with van der Waals surface area (Å²) < 4.78 is 2.04. The Balaban J connectivity index is 2.13. The molecule has 0 bridgehead atoms. The van der Waals surface area contributed by atoms with Gasteiger partial charge in [-0.15, -0.1) is 0 Å². The third-order valence-corrected chi connectivity index (χ3v) is 3.93. The van der Waals surface area contributed by atoms with Gasteiger partial charge in [-0.1, -0.05) is 12.2 Å². The summed E-state index contributed by atoms with van der Waals surface area (Å²) in [5, 5.41) is 9.42. The van der Waals surface area contributed by atoms with E-state index in [2.05, 4.69) is 16.0 Å². The molecule has 2 heterocycles. The van der Waals surface area contributed by atoms with Crippen LogP contribution >= 0.6 is 0 Å². The molecule has 0 fully saturated rings. The van der Waals surface area contributed by atoms with Crippen molar-refractivity contribution < 1.29 is 9.90 Å². The van der Waals surface area contributed by atoms with Crippen LogP contribution in [0.15, 0.2) is 30.5 Å². The summed E-state index contributed by atoms with van der Waals surface area (Å²) in [5.74, 6) is -0.381. The van der Waals surface area contributed by atoms with Crippen LogP contribution in [0.5, 0.6) is 0 Å². The van der Waals surface area contributed by atoms with Crippen LogP contribution in [0.1, 0.15) is 31.5 Å². The lowest BCUT2D eigenvalue weighted by Gasteiger charge is -2.25. The van der Waals surface area contributed by atoms with Crippen molar-refractivity contribution in [3.05, 3.63) is 36.3 Å².